The first-order valence-corrected chi connectivity index (χ1v) is 6.34. The normalized spacial score (nSPS) is 18.4. The number of aliphatic carboxylic acids is 1. The van der Waals surface area contributed by atoms with Crippen LogP contribution in [0.1, 0.15) is 32.6 Å². The Bertz CT molecular complexity index is 368. The van der Waals surface area contributed by atoms with Crippen LogP contribution in [0.25, 0.3) is 0 Å². The molecule has 0 spiro atoms. The maximum absolute atomic E-state index is 11.9. The zero-order valence-electron chi connectivity index (χ0n) is 11.1. The molecular formula is C12H18F3NO4. The Morgan fingerprint density at radius 2 is 1.95 bits per heavy atom. The van der Waals surface area contributed by atoms with Crippen LogP contribution in [0.5, 0.6) is 0 Å². The Hall–Kier alpha value is -1.31. The lowest BCUT2D eigenvalue weighted by Gasteiger charge is -2.23. The number of carboxylic acid groups (broad SMARTS) is 1. The van der Waals surface area contributed by atoms with E-state index < -0.39 is 30.1 Å². The molecule has 1 saturated carbocycles. The molecule has 0 bridgehead atoms. The van der Waals surface area contributed by atoms with E-state index >= 15 is 0 Å². The molecule has 5 nitrogen and oxygen atoms in total. The minimum Gasteiger partial charge on any atom is -0.480 e. The molecule has 8 heteroatoms. The summed E-state index contributed by atoms with van der Waals surface area (Å²) in [5.41, 5.74) is -1.63. The SMILES string of the molecule is CC(CCCOCC(F)(F)F)(C(=O)O)C(=O)NC1CC1. The van der Waals surface area contributed by atoms with Crippen LogP contribution in [-0.2, 0) is 14.3 Å². The quantitative estimate of drug-likeness (QED) is 0.528. The Kier molecular flexibility index (Phi) is 5.38. The highest BCUT2D eigenvalue weighted by Crippen LogP contribution is 2.27. The highest BCUT2D eigenvalue weighted by molar-refractivity contribution is 6.01. The van der Waals surface area contributed by atoms with Crippen LogP contribution >= 0.6 is 0 Å². The van der Waals surface area contributed by atoms with Gasteiger partial charge in [0.15, 0.2) is 0 Å². The van der Waals surface area contributed by atoms with Crippen molar-refractivity contribution in [1.82, 2.24) is 5.32 Å². The first kappa shape index (κ1) is 16.7. The molecule has 0 aromatic rings. The summed E-state index contributed by atoms with van der Waals surface area (Å²) in [4.78, 5) is 23.1. The van der Waals surface area contributed by atoms with Crippen LogP contribution in [-0.4, -0.2) is 42.4 Å². The average Bonchev–Trinajstić information content (AvgIpc) is 3.10. The molecule has 0 aliphatic heterocycles. The van der Waals surface area contributed by atoms with Crippen molar-refractivity contribution in [2.75, 3.05) is 13.2 Å². The summed E-state index contributed by atoms with van der Waals surface area (Å²) < 4.78 is 39.9. The molecule has 1 fully saturated rings. The Morgan fingerprint density at radius 3 is 2.40 bits per heavy atom. The number of hydrogen-bond donors (Lipinski definition) is 2. The molecule has 1 rings (SSSR count). The van der Waals surface area contributed by atoms with Gasteiger partial charge in [0.05, 0.1) is 0 Å². The molecule has 1 aliphatic carbocycles. The van der Waals surface area contributed by atoms with Crippen molar-refractivity contribution < 1.29 is 32.6 Å². The summed E-state index contributed by atoms with van der Waals surface area (Å²) in [6, 6.07) is 0.0302. The predicted molar refractivity (Wildman–Crippen MR) is 63.0 cm³/mol. The Balaban J connectivity index is 2.38. The fraction of sp³-hybridized carbons (Fsp3) is 0.833. The van der Waals surface area contributed by atoms with Gasteiger partial charge in [-0.2, -0.15) is 13.2 Å². The maximum atomic E-state index is 11.9. The van der Waals surface area contributed by atoms with E-state index in [0.717, 1.165) is 12.8 Å². The summed E-state index contributed by atoms with van der Waals surface area (Å²) in [7, 11) is 0. The number of ether oxygens (including phenoxy) is 1. The van der Waals surface area contributed by atoms with Gasteiger partial charge in [-0.3, -0.25) is 9.59 Å². The van der Waals surface area contributed by atoms with Gasteiger partial charge in [0, 0.05) is 12.6 Å². The number of carbonyl (C=O) groups is 2. The highest BCUT2D eigenvalue weighted by atomic mass is 19.4. The molecule has 20 heavy (non-hydrogen) atoms. The van der Waals surface area contributed by atoms with E-state index in [1.165, 1.54) is 6.92 Å². The summed E-state index contributed by atoms with van der Waals surface area (Å²) in [5, 5.41) is 11.7. The zero-order valence-corrected chi connectivity index (χ0v) is 11.1. The van der Waals surface area contributed by atoms with E-state index in [2.05, 4.69) is 10.1 Å². The number of halogens is 3. The van der Waals surface area contributed by atoms with Crippen LogP contribution in [0.2, 0.25) is 0 Å². The van der Waals surface area contributed by atoms with Crippen LogP contribution < -0.4 is 5.32 Å². The number of carbonyl (C=O) groups excluding carboxylic acids is 1. The topological polar surface area (TPSA) is 75.6 Å². The standard InChI is InChI=1S/C12H18F3NO4/c1-11(10(18)19,9(17)16-8-3-4-8)5-2-6-20-7-12(13,14)15/h8H,2-7H2,1H3,(H,16,17)(H,18,19). The number of amides is 1. The second-order valence-corrected chi connectivity index (χ2v) is 5.16. The molecular weight excluding hydrogens is 279 g/mol. The smallest absolute Gasteiger partial charge is 0.411 e. The monoisotopic (exact) mass is 297 g/mol. The Labute approximate surface area is 114 Å². The van der Waals surface area contributed by atoms with Crippen LogP contribution in [0.15, 0.2) is 0 Å². The van der Waals surface area contributed by atoms with Gasteiger partial charge in [0.2, 0.25) is 5.91 Å². The summed E-state index contributed by atoms with van der Waals surface area (Å²) >= 11 is 0. The van der Waals surface area contributed by atoms with Gasteiger partial charge < -0.3 is 15.2 Å². The van der Waals surface area contributed by atoms with Gasteiger partial charge >= 0.3 is 12.1 Å². The molecule has 116 valence electrons. The second kappa shape index (κ2) is 6.43. The van der Waals surface area contributed by atoms with Crippen molar-refractivity contribution in [3.63, 3.8) is 0 Å². The van der Waals surface area contributed by atoms with Gasteiger partial charge in [0.1, 0.15) is 12.0 Å². The number of hydrogen-bond acceptors (Lipinski definition) is 3. The van der Waals surface area contributed by atoms with E-state index in [9.17, 15) is 22.8 Å². The number of alkyl halides is 3. The largest absolute Gasteiger partial charge is 0.480 e. The van der Waals surface area contributed by atoms with Crippen molar-refractivity contribution in [3.05, 3.63) is 0 Å². The molecule has 0 saturated heterocycles. The molecule has 0 heterocycles. The molecule has 1 aliphatic rings. The first-order chi connectivity index (χ1) is 9.15. The van der Waals surface area contributed by atoms with E-state index in [1.54, 1.807) is 0 Å². The van der Waals surface area contributed by atoms with Crippen molar-refractivity contribution in [1.29, 1.82) is 0 Å². The van der Waals surface area contributed by atoms with Gasteiger partial charge in [-0.25, -0.2) is 0 Å². The lowest BCUT2D eigenvalue weighted by molar-refractivity contribution is -0.175. The second-order valence-electron chi connectivity index (χ2n) is 5.16. The van der Waals surface area contributed by atoms with Crippen molar-refractivity contribution in [3.8, 4) is 0 Å². The van der Waals surface area contributed by atoms with E-state index in [4.69, 9.17) is 5.11 Å². The third-order valence-electron chi connectivity index (χ3n) is 3.12. The lowest BCUT2D eigenvalue weighted by atomic mass is 9.84. The number of rotatable bonds is 8. The molecule has 1 amide bonds. The minimum atomic E-state index is -4.40. The predicted octanol–water partition coefficient (Wildman–Crippen LogP) is 1.71. The molecule has 0 aromatic heterocycles. The average molecular weight is 297 g/mol. The minimum absolute atomic E-state index is 0.0302. The van der Waals surface area contributed by atoms with E-state index in [-0.39, 0.29) is 25.5 Å². The van der Waals surface area contributed by atoms with Crippen molar-refractivity contribution >= 4 is 11.9 Å². The van der Waals surface area contributed by atoms with Crippen LogP contribution in [0, 0.1) is 5.41 Å². The Morgan fingerprint density at radius 1 is 1.35 bits per heavy atom. The van der Waals surface area contributed by atoms with Crippen LogP contribution in [0.4, 0.5) is 13.2 Å². The molecule has 2 N–H and O–H groups in total. The van der Waals surface area contributed by atoms with Crippen molar-refractivity contribution in [2.24, 2.45) is 5.41 Å². The number of nitrogens with one attached hydrogen (secondary N) is 1. The summed E-state index contributed by atoms with van der Waals surface area (Å²) in [5.74, 6) is -1.88. The molecule has 0 aromatic carbocycles. The van der Waals surface area contributed by atoms with Gasteiger partial charge in [0.25, 0.3) is 0 Å². The molecule has 1 atom stereocenters. The molecule has 0 radical (unpaired) electrons. The lowest BCUT2D eigenvalue weighted by Crippen LogP contribution is -2.45. The van der Waals surface area contributed by atoms with E-state index in [0.29, 0.717) is 0 Å². The molecule has 1 unspecified atom stereocenters. The first-order valence-electron chi connectivity index (χ1n) is 6.34. The zero-order chi connectivity index (χ0) is 15.4. The maximum Gasteiger partial charge on any atom is 0.411 e. The third kappa shape index (κ3) is 5.36. The third-order valence-corrected chi connectivity index (χ3v) is 3.12. The van der Waals surface area contributed by atoms with Crippen molar-refractivity contribution in [2.45, 2.75) is 44.8 Å². The number of carboxylic acids is 1. The van der Waals surface area contributed by atoms with Gasteiger partial charge in [-0.1, -0.05) is 0 Å². The summed E-state index contributed by atoms with van der Waals surface area (Å²) in [6.45, 7) is -0.332. The highest BCUT2D eigenvalue weighted by Gasteiger charge is 2.42. The van der Waals surface area contributed by atoms with E-state index in [1.807, 2.05) is 0 Å². The fourth-order valence-electron chi connectivity index (χ4n) is 1.61. The van der Waals surface area contributed by atoms with Gasteiger partial charge in [-0.15, -0.1) is 0 Å². The fourth-order valence-corrected chi connectivity index (χ4v) is 1.61. The van der Waals surface area contributed by atoms with Crippen LogP contribution in [0.3, 0.4) is 0 Å². The van der Waals surface area contributed by atoms with Gasteiger partial charge in [-0.05, 0) is 32.6 Å². The summed E-state index contributed by atoms with van der Waals surface area (Å²) in [6.07, 6.45) is -2.75.